The van der Waals surface area contributed by atoms with E-state index < -0.39 is 53.5 Å². The molecule has 0 saturated heterocycles. The SMILES string of the molecule is C=CS(=O)(=O)NC1(CCC(C)C)C(=O)C(C2=NS(O)(O)c3cc(NS(C)(=O)=O)ccc3N2)=C(O)c2ccccc21. The highest BCUT2D eigenvalue weighted by Crippen LogP contribution is 2.57. The van der Waals surface area contributed by atoms with Crippen molar-refractivity contribution in [3.63, 3.8) is 0 Å². The normalized spacial score (nSPS) is 21.1. The molecule has 1 unspecified atom stereocenters. The smallest absolute Gasteiger partial charge is 0.234 e. The van der Waals surface area contributed by atoms with Crippen LogP contribution in [0.25, 0.3) is 5.76 Å². The highest BCUT2D eigenvalue weighted by Gasteiger charge is 2.51. The van der Waals surface area contributed by atoms with Gasteiger partial charge in [-0.2, -0.15) is 4.72 Å². The van der Waals surface area contributed by atoms with Crippen LogP contribution in [0.5, 0.6) is 0 Å². The molecule has 0 saturated carbocycles. The number of nitrogens with zero attached hydrogens (tertiary/aromatic N) is 1. The first-order valence-corrected chi connectivity index (χ1v) is 17.0. The van der Waals surface area contributed by atoms with Crippen molar-refractivity contribution in [2.75, 3.05) is 16.3 Å². The van der Waals surface area contributed by atoms with E-state index in [0.29, 0.717) is 11.8 Å². The van der Waals surface area contributed by atoms with Crippen LogP contribution in [0.3, 0.4) is 0 Å². The van der Waals surface area contributed by atoms with Crippen molar-refractivity contribution >= 4 is 59.6 Å². The second-order valence-electron chi connectivity index (χ2n) is 9.92. The van der Waals surface area contributed by atoms with Crippen LogP contribution in [0.2, 0.25) is 0 Å². The lowest BCUT2D eigenvalue weighted by molar-refractivity contribution is -0.121. The third-order valence-corrected chi connectivity index (χ3v) is 9.46. The fourth-order valence-corrected chi connectivity index (χ4v) is 7.23. The van der Waals surface area contributed by atoms with Gasteiger partial charge in [0.1, 0.15) is 21.8 Å². The Bertz CT molecular complexity index is 1680. The summed E-state index contributed by atoms with van der Waals surface area (Å²) in [4.78, 5) is 14.2. The maximum absolute atomic E-state index is 14.3. The number of benzene rings is 2. The van der Waals surface area contributed by atoms with Gasteiger partial charge in [-0.1, -0.05) is 55.5 Å². The lowest BCUT2D eigenvalue weighted by Gasteiger charge is -2.40. The standard InChI is InChI=1S/C25H30N4O8S3/c1-5-39(34,35)29-25(13-12-15(2)3)18-9-7-6-8-17(18)22(30)21(23(25)31)24-26-19-11-10-16(27-38(4,32)33)14-20(19)40(36,37)28-24/h5-11,14-15,27,29-30,36-37H,1,12-13H2,2-4H3,(H,26,28). The van der Waals surface area contributed by atoms with E-state index in [2.05, 4.69) is 25.7 Å². The number of amidine groups is 1. The Hall–Kier alpha value is -3.21. The molecular weight excluding hydrogens is 580 g/mol. The highest BCUT2D eigenvalue weighted by molar-refractivity contribution is 8.23. The first-order chi connectivity index (χ1) is 18.5. The van der Waals surface area contributed by atoms with E-state index in [1.165, 1.54) is 24.3 Å². The summed E-state index contributed by atoms with van der Waals surface area (Å²) in [6, 6.07) is 10.2. The number of rotatable bonds is 9. The van der Waals surface area contributed by atoms with Crippen LogP contribution >= 0.6 is 10.8 Å². The van der Waals surface area contributed by atoms with Crippen LogP contribution in [-0.2, 0) is 30.4 Å². The molecule has 2 aromatic carbocycles. The number of aliphatic hydroxyl groups excluding tert-OH is 1. The molecule has 15 heteroatoms. The molecule has 0 bridgehead atoms. The number of hydrogen-bond donors (Lipinski definition) is 6. The average Bonchev–Trinajstić information content (AvgIpc) is 2.85. The lowest BCUT2D eigenvalue weighted by Crippen LogP contribution is -2.55. The summed E-state index contributed by atoms with van der Waals surface area (Å²) in [5.41, 5.74) is -1.78. The molecule has 40 heavy (non-hydrogen) atoms. The summed E-state index contributed by atoms with van der Waals surface area (Å²) in [6.07, 6.45) is 1.37. The molecule has 6 N–H and O–H groups in total. The Morgan fingerprint density at radius 3 is 2.45 bits per heavy atom. The van der Waals surface area contributed by atoms with Gasteiger partial charge >= 0.3 is 0 Å². The first-order valence-electron chi connectivity index (χ1n) is 12.0. The Morgan fingerprint density at radius 1 is 1.15 bits per heavy atom. The lowest BCUT2D eigenvalue weighted by atomic mass is 9.72. The second-order valence-corrected chi connectivity index (χ2v) is 15.0. The van der Waals surface area contributed by atoms with Gasteiger partial charge in [0.2, 0.25) is 20.0 Å². The number of Topliss-reactive ketones (excluding diaryl/α,β-unsaturated/α-hetero) is 1. The van der Waals surface area contributed by atoms with Crippen LogP contribution in [-0.4, -0.2) is 48.9 Å². The van der Waals surface area contributed by atoms with E-state index in [1.54, 1.807) is 18.2 Å². The number of carbonyl (C=O) groups excluding carboxylic acids is 1. The Balaban J connectivity index is 1.91. The van der Waals surface area contributed by atoms with Gasteiger partial charge in [-0.25, -0.2) is 16.8 Å². The number of ketones is 1. The minimum Gasteiger partial charge on any atom is -0.506 e. The molecule has 0 amide bonds. The Labute approximate surface area is 234 Å². The van der Waals surface area contributed by atoms with Crippen molar-refractivity contribution in [2.24, 2.45) is 10.3 Å². The topological polar surface area (TPSA) is 194 Å². The van der Waals surface area contributed by atoms with Gasteiger partial charge in [0.25, 0.3) is 0 Å². The van der Waals surface area contributed by atoms with Gasteiger partial charge in [-0.05, 0) is 42.5 Å². The molecule has 0 spiro atoms. The molecule has 1 heterocycles. The van der Waals surface area contributed by atoms with Crippen LogP contribution in [0, 0.1) is 5.92 Å². The number of sulfonamides is 2. The van der Waals surface area contributed by atoms with Gasteiger partial charge in [0.15, 0.2) is 11.6 Å². The van der Waals surface area contributed by atoms with E-state index in [4.69, 9.17) is 0 Å². The zero-order chi connectivity index (χ0) is 29.7. The average molecular weight is 611 g/mol. The van der Waals surface area contributed by atoms with E-state index >= 15 is 0 Å². The molecule has 1 aliphatic heterocycles. The zero-order valence-electron chi connectivity index (χ0n) is 21.9. The third kappa shape index (κ3) is 5.66. The molecule has 0 fully saturated rings. The van der Waals surface area contributed by atoms with E-state index in [1.807, 2.05) is 13.8 Å². The predicted octanol–water partition coefficient (Wildman–Crippen LogP) is 4.15. The van der Waals surface area contributed by atoms with E-state index in [0.717, 1.165) is 6.26 Å². The molecule has 1 atom stereocenters. The number of anilines is 2. The molecule has 216 valence electrons. The van der Waals surface area contributed by atoms with Crippen molar-refractivity contribution in [1.29, 1.82) is 0 Å². The van der Waals surface area contributed by atoms with Crippen molar-refractivity contribution in [3.05, 3.63) is 71.2 Å². The predicted molar refractivity (Wildman–Crippen MR) is 156 cm³/mol. The quantitative estimate of drug-likeness (QED) is 0.242. The summed E-state index contributed by atoms with van der Waals surface area (Å²) in [5.74, 6) is -1.69. The molecular formula is C25H30N4O8S3. The maximum atomic E-state index is 14.3. The van der Waals surface area contributed by atoms with Crippen LogP contribution < -0.4 is 14.8 Å². The number of carbonyl (C=O) groups is 1. The minimum atomic E-state index is -4.19. The zero-order valence-corrected chi connectivity index (χ0v) is 24.3. The molecule has 1 aliphatic carbocycles. The van der Waals surface area contributed by atoms with Gasteiger partial charge in [-0.15, -0.1) is 4.40 Å². The third-order valence-electron chi connectivity index (χ3n) is 6.41. The van der Waals surface area contributed by atoms with Crippen molar-refractivity contribution in [1.82, 2.24) is 4.72 Å². The second kappa shape index (κ2) is 10.3. The summed E-state index contributed by atoms with van der Waals surface area (Å²) < 4.78 is 79.4. The summed E-state index contributed by atoms with van der Waals surface area (Å²) >= 11 is 0. The van der Waals surface area contributed by atoms with Crippen molar-refractivity contribution < 1.29 is 35.8 Å². The Morgan fingerprint density at radius 2 is 1.82 bits per heavy atom. The van der Waals surface area contributed by atoms with Crippen LogP contribution in [0.15, 0.2) is 69.3 Å². The number of aliphatic hydroxyl groups is 1. The number of nitrogens with one attached hydrogen (secondary N) is 3. The fourth-order valence-electron chi connectivity index (χ4n) is 4.61. The number of hydrogen-bond acceptors (Lipinski definition) is 10. The van der Waals surface area contributed by atoms with Crippen molar-refractivity contribution in [2.45, 2.75) is 37.1 Å². The number of fused-ring (bicyclic) bond motifs is 2. The first kappa shape index (κ1) is 29.8. The summed E-state index contributed by atoms with van der Waals surface area (Å²) in [6.45, 7) is 7.16. The van der Waals surface area contributed by atoms with E-state index in [-0.39, 0.29) is 45.6 Å². The van der Waals surface area contributed by atoms with Crippen molar-refractivity contribution in [3.8, 4) is 0 Å². The maximum Gasteiger partial charge on any atom is 0.234 e. The largest absolute Gasteiger partial charge is 0.506 e. The van der Waals surface area contributed by atoms with Gasteiger partial charge in [-0.3, -0.25) is 18.6 Å². The summed E-state index contributed by atoms with van der Waals surface area (Å²) in [5, 5.41) is 14.8. The monoisotopic (exact) mass is 610 g/mol. The molecule has 4 rings (SSSR count). The molecule has 0 aromatic heterocycles. The van der Waals surface area contributed by atoms with Crippen LogP contribution in [0.4, 0.5) is 11.4 Å². The summed E-state index contributed by atoms with van der Waals surface area (Å²) in [7, 11) is -11.9. The Kier molecular flexibility index (Phi) is 7.68. The van der Waals surface area contributed by atoms with Crippen LogP contribution in [0.1, 0.15) is 37.8 Å². The molecule has 0 radical (unpaired) electrons. The highest BCUT2D eigenvalue weighted by atomic mass is 32.3. The van der Waals surface area contributed by atoms with Gasteiger partial charge in [0, 0.05) is 11.0 Å². The van der Waals surface area contributed by atoms with E-state index in [9.17, 15) is 35.8 Å². The minimum absolute atomic E-state index is 0.0189. The van der Waals surface area contributed by atoms with Gasteiger partial charge < -0.3 is 10.4 Å². The molecule has 2 aliphatic rings. The van der Waals surface area contributed by atoms with Gasteiger partial charge in [0.05, 0.1) is 17.6 Å². The molecule has 2 aromatic rings. The molecule has 12 nitrogen and oxygen atoms in total. The fraction of sp³-hybridized carbons (Fsp3) is 0.280.